The molecule has 0 radical (unpaired) electrons. The van der Waals surface area contributed by atoms with Crippen LogP contribution in [-0.2, 0) is 14.3 Å². The van der Waals surface area contributed by atoms with Gasteiger partial charge in [-0.15, -0.1) is 0 Å². The molecular weight excluding hydrogens is 406 g/mol. The molecule has 2 saturated heterocycles. The normalized spacial score (nSPS) is 18.7. The summed E-state index contributed by atoms with van der Waals surface area (Å²) in [7, 11) is 1.68. The fraction of sp³-hybridized carbons (Fsp3) is 0.625. The zero-order chi connectivity index (χ0) is 23.3. The number of aromatic nitrogens is 1. The van der Waals surface area contributed by atoms with Gasteiger partial charge in [0.1, 0.15) is 11.6 Å². The predicted molar refractivity (Wildman–Crippen MR) is 123 cm³/mol. The van der Waals surface area contributed by atoms with Crippen molar-refractivity contribution in [1.82, 2.24) is 19.3 Å². The highest BCUT2D eigenvalue weighted by Gasteiger charge is 2.27. The summed E-state index contributed by atoms with van der Waals surface area (Å²) in [6, 6.07) is 4.27. The maximum Gasteiger partial charge on any atom is 0.264 e. The smallest absolute Gasteiger partial charge is 0.264 e. The lowest BCUT2D eigenvalue weighted by Crippen LogP contribution is -2.51. The molecule has 3 heterocycles. The molecule has 0 saturated carbocycles. The molecule has 2 fully saturated rings. The molecule has 1 unspecified atom stereocenters. The summed E-state index contributed by atoms with van der Waals surface area (Å²) in [4.78, 5) is 31.2. The van der Waals surface area contributed by atoms with Crippen LogP contribution in [0, 0.1) is 25.2 Å². The van der Waals surface area contributed by atoms with Gasteiger partial charge >= 0.3 is 0 Å². The topological polar surface area (TPSA) is 81.8 Å². The number of carbonyl (C=O) groups is 2. The van der Waals surface area contributed by atoms with E-state index in [1.165, 1.54) is 0 Å². The van der Waals surface area contributed by atoms with Crippen LogP contribution in [-0.4, -0.2) is 90.6 Å². The second kappa shape index (κ2) is 10.8. The van der Waals surface area contributed by atoms with Gasteiger partial charge < -0.3 is 19.1 Å². The average Bonchev–Trinajstić information content (AvgIpc) is 3.40. The summed E-state index contributed by atoms with van der Waals surface area (Å²) in [5.41, 5.74) is 3.11. The number of hydrogen-bond donors (Lipinski definition) is 0. The molecule has 8 nitrogen and oxygen atoms in total. The molecule has 32 heavy (non-hydrogen) atoms. The van der Waals surface area contributed by atoms with Crippen LogP contribution in [0.1, 0.15) is 42.8 Å². The van der Waals surface area contributed by atoms with Crippen LogP contribution in [0.15, 0.2) is 11.6 Å². The molecule has 0 aromatic carbocycles. The number of rotatable bonds is 7. The van der Waals surface area contributed by atoms with Gasteiger partial charge in [0.15, 0.2) is 0 Å². The Kier molecular flexibility index (Phi) is 8.10. The lowest BCUT2D eigenvalue weighted by Gasteiger charge is -2.34. The Balaban J connectivity index is 1.63. The van der Waals surface area contributed by atoms with Crippen molar-refractivity contribution in [3.63, 3.8) is 0 Å². The molecule has 0 bridgehead atoms. The summed E-state index contributed by atoms with van der Waals surface area (Å²) in [5, 5.41) is 9.69. The Hall–Kier alpha value is -2.63. The van der Waals surface area contributed by atoms with Gasteiger partial charge in [0, 0.05) is 57.8 Å². The van der Waals surface area contributed by atoms with Crippen molar-refractivity contribution in [2.75, 3.05) is 59.5 Å². The number of amides is 2. The van der Waals surface area contributed by atoms with E-state index in [4.69, 9.17) is 4.74 Å². The van der Waals surface area contributed by atoms with Gasteiger partial charge in [-0.3, -0.25) is 14.5 Å². The van der Waals surface area contributed by atoms with Crippen molar-refractivity contribution < 1.29 is 14.3 Å². The maximum atomic E-state index is 13.0. The Morgan fingerprint density at radius 2 is 1.78 bits per heavy atom. The van der Waals surface area contributed by atoms with Gasteiger partial charge in [-0.2, -0.15) is 5.26 Å². The third-order valence-corrected chi connectivity index (χ3v) is 6.50. The molecule has 0 aliphatic carbocycles. The largest absolute Gasteiger partial charge is 0.383 e. The lowest BCUT2D eigenvalue weighted by atomic mass is 10.1. The zero-order valence-corrected chi connectivity index (χ0v) is 19.8. The highest BCUT2D eigenvalue weighted by atomic mass is 16.5. The first-order valence-corrected chi connectivity index (χ1v) is 11.4. The van der Waals surface area contributed by atoms with Crippen LogP contribution in [0.2, 0.25) is 0 Å². The van der Waals surface area contributed by atoms with E-state index in [1.54, 1.807) is 18.1 Å². The molecule has 8 heteroatoms. The summed E-state index contributed by atoms with van der Waals surface area (Å²) >= 11 is 0. The molecule has 3 rings (SSSR count). The molecule has 1 atom stereocenters. The maximum absolute atomic E-state index is 13.0. The number of nitriles is 1. The van der Waals surface area contributed by atoms with Crippen molar-refractivity contribution in [2.24, 2.45) is 0 Å². The zero-order valence-electron chi connectivity index (χ0n) is 19.8. The monoisotopic (exact) mass is 441 g/mol. The number of piperazine rings is 1. The highest BCUT2D eigenvalue weighted by Crippen LogP contribution is 2.23. The van der Waals surface area contributed by atoms with E-state index in [2.05, 4.69) is 22.5 Å². The number of aryl methyl sites for hydroxylation is 1. The van der Waals surface area contributed by atoms with Crippen molar-refractivity contribution in [3.8, 4) is 6.07 Å². The molecule has 1 aromatic heterocycles. The van der Waals surface area contributed by atoms with E-state index in [-0.39, 0.29) is 23.4 Å². The van der Waals surface area contributed by atoms with Crippen LogP contribution in [0.4, 0.5) is 0 Å². The first kappa shape index (κ1) is 24.0. The molecular formula is C24H35N5O3. The standard InChI is InChI=1S/C24H35N5O3/c1-18-13-21(20(3)29(18)19(2)17-32-4)14-22(15-25)24(31)28-11-9-26(10-12-28)16-23(30)27-7-5-6-8-27/h13-14,19H,5-12,16-17H2,1-4H3/b22-14+. The van der Waals surface area contributed by atoms with Crippen molar-refractivity contribution in [1.29, 1.82) is 5.26 Å². The predicted octanol–water partition coefficient (Wildman–Crippen LogP) is 1.99. The molecule has 174 valence electrons. The van der Waals surface area contributed by atoms with Crippen LogP contribution in [0.3, 0.4) is 0 Å². The third kappa shape index (κ3) is 5.40. The first-order valence-electron chi connectivity index (χ1n) is 11.4. The van der Waals surface area contributed by atoms with Gasteiger partial charge in [-0.1, -0.05) is 0 Å². The molecule has 2 amide bonds. The van der Waals surface area contributed by atoms with Gasteiger partial charge in [0.2, 0.25) is 5.91 Å². The van der Waals surface area contributed by atoms with Crippen molar-refractivity contribution in [2.45, 2.75) is 39.7 Å². The van der Waals surface area contributed by atoms with E-state index in [9.17, 15) is 14.9 Å². The molecule has 0 N–H and O–H groups in total. The number of nitrogens with zero attached hydrogens (tertiary/aromatic N) is 5. The quantitative estimate of drug-likeness (QED) is 0.477. The van der Waals surface area contributed by atoms with Crippen molar-refractivity contribution >= 4 is 17.9 Å². The number of carbonyl (C=O) groups excluding carboxylic acids is 2. The fourth-order valence-corrected chi connectivity index (χ4v) is 4.78. The SMILES string of the molecule is COCC(C)n1c(C)cc(/C=C(\C#N)C(=O)N2CCN(CC(=O)N3CCCC3)CC2)c1C. The number of methoxy groups -OCH3 is 1. The second-order valence-corrected chi connectivity index (χ2v) is 8.83. The minimum absolute atomic E-state index is 0.145. The average molecular weight is 442 g/mol. The van der Waals surface area contributed by atoms with Crippen LogP contribution < -0.4 is 0 Å². The second-order valence-electron chi connectivity index (χ2n) is 8.83. The summed E-state index contributed by atoms with van der Waals surface area (Å²) in [6.45, 7) is 11.2. The Morgan fingerprint density at radius 1 is 1.12 bits per heavy atom. The fourth-order valence-electron chi connectivity index (χ4n) is 4.78. The molecule has 2 aliphatic rings. The summed E-state index contributed by atoms with van der Waals surface area (Å²) in [6.07, 6.45) is 3.87. The molecule has 0 spiro atoms. The van der Waals surface area contributed by atoms with Crippen LogP contribution in [0.5, 0.6) is 0 Å². The Morgan fingerprint density at radius 3 is 2.38 bits per heavy atom. The number of likely N-dealkylation sites (tertiary alicyclic amines) is 1. The third-order valence-electron chi connectivity index (χ3n) is 6.50. The number of hydrogen-bond acceptors (Lipinski definition) is 5. The van der Waals surface area contributed by atoms with E-state index in [0.29, 0.717) is 39.3 Å². The van der Waals surface area contributed by atoms with Gasteiger partial charge in [0.05, 0.1) is 19.2 Å². The minimum Gasteiger partial charge on any atom is -0.383 e. The minimum atomic E-state index is -0.243. The molecule has 1 aromatic rings. The van der Waals surface area contributed by atoms with E-state index >= 15 is 0 Å². The van der Waals surface area contributed by atoms with E-state index in [0.717, 1.165) is 42.9 Å². The van der Waals surface area contributed by atoms with Gasteiger partial charge in [-0.25, -0.2) is 0 Å². The highest BCUT2D eigenvalue weighted by molar-refractivity contribution is 6.01. The van der Waals surface area contributed by atoms with Crippen molar-refractivity contribution in [3.05, 3.63) is 28.6 Å². The van der Waals surface area contributed by atoms with E-state index in [1.807, 2.05) is 24.8 Å². The summed E-state index contributed by atoms with van der Waals surface area (Å²) in [5.74, 6) is -0.0642. The summed E-state index contributed by atoms with van der Waals surface area (Å²) < 4.78 is 7.45. The van der Waals surface area contributed by atoms with Crippen LogP contribution >= 0.6 is 0 Å². The lowest BCUT2D eigenvalue weighted by molar-refractivity contribution is -0.132. The Labute approximate surface area is 191 Å². The van der Waals surface area contributed by atoms with Crippen LogP contribution in [0.25, 0.3) is 6.08 Å². The van der Waals surface area contributed by atoms with Gasteiger partial charge in [0.25, 0.3) is 5.91 Å². The molecule has 2 aliphatic heterocycles. The number of ether oxygens (including phenoxy) is 1. The van der Waals surface area contributed by atoms with E-state index < -0.39 is 0 Å². The Bertz CT molecular complexity index is 899. The van der Waals surface area contributed by atoms with Gasteiger partial charge in [-0.05, 0) is 51.3 Å². The first-order chi connectivity index (χ1) is 15.3.